The molecule has 2 fully saturated rings. The van der Waals surface area contributed by atoms with Crippen LogP contribution in [0.4, 0.5) is 0 Å². The fourth-order valence-electron chi connectivity index (χ4n) is 4.48. The highest BCUT2D eigenvalue weighted by Gasteiger charge is 2.22. The second-order valence-corrected chi connectivity index (χ2v) is 8.77. The number of carbonyl (C=O) groups excluding carboxylic acids is 1. The van der Waals surface area contributed by atoms with E-state index in [0.29, 0.717) is 24.8 Å². The zero-order chi connectivity index (χ0) is 19.1. The fraction of sp³-hybridized carbons (Fsp3) is 0.696. The molecule has 4 nitrogen and oxygen atoms in total. The van der Waals surface area contributed by atoms with Gasteiger partial charge in [-0.05, 0) is 80.7 Å². The van der Waals surface area contributed by atoms with Crippen LogP contribution in [0.2, 0.25) is 0 Å². The molecule has 0 saturated carbocycles. The molecular weight excluding hydrogens is 405 g/mol. The van der Waals surface area contributed by atoms with Crippen molar-refractivity contribution in [2.45, 2.75) is 59.0 Å². The highest BCUT2D eigenvalue weighted by Crippen LogP contribution is 2.24. The highest BCUT2D eigenvalue weighted by atomic mass is 35.5. The maximum Gasteiger partial charge on any atom is 0.220 e. The van der Waals surface area contributed by atoms with Crippen LogP contribution in [0.25, 0.3) is 0 Å². The van der Waals surface area contributed by atoms with Crippen molar-refractivity contribution in [1.29, 1.82) is 0 Å². The Bertz CT molecular complexity index is 600. The SMILES string of the molecule is CC1CCN(Cc2ccccc2CNC(=O)CC(C)C2CCNCC2)CC1.Cl.Cl. The van der Waals surface area contributed by atoms with Crippen molar-refractivity contribution in [2.75, 3.05) is 26.2 Å². The molecule has 6 heteroatoms. The van der Waals surface area contributed by atoms with Crippen molar-refractivity contribution in [3.05, 3.63) is 35.4 Å². The second-order valence-electron chi connectivity index (χ2n) is 8.77. The minimum atomic E-state index is 0. The van der Waals surface area contributed by atoms with Crippen molar-refractivity contribution < 1.29 is 4.79 Å². The zero-order valence-corrected chi connectivity index (χ0v) is 19.6. The van der Waals surface area contributed by atoms with Crippen LogP contribution in [-0.2, 0) is 17.9 Å². The molecule has 0 aromatic heterocycles. The normalized spacial score (nSPS) is 19.7. The molecule has 1 aromatic carbocycles. The lowest BCUT2D eigenvalue weighted by Gasteiger charge is -2.30. The maximum absolute atomic E-state index is 12.5. The molecule has 2 saturated heterocycles. The molecule has 1 aromatic rings. The largest absolute Gasteiger partial charge is 0.352 e. The minimum absolute atomic E-state index is 0. The van der Waals surface area contributed by atoms with Crippen LogP contribution >= 0.6 is 24.8 Å². The van der Waals surface area contributed by atoms with Crippen molar-refractivity contribution in [1.82, 2.24) is 15.5 Å². The van der Waals surface area contributed by atoms with Gasteiger partial charge in [0.2, 0.25) is 5.91 Å². The summed E-state index contributed by atoms with van der Waals surface area (Å²) < 4.78 is 0. The average molecular weight is 444 g/mol. The van der Waals surface area contributed by atoms with Crippen LogP contribution in [0, 0.1) is 17.8 Å². The number of nitrogens with zero attached hydrogens (tertiary/aromatic N) is 1. The number of likely N-dealkylation sites (tertiary alicyclic amines) is 1. The lowest BCUT2D eigenvalue weighted by atomic mass is 9.84. The van der Waals surface area contributed by atoms with Gasteiger partial charge < -0.3 is 10.6 Å². The fourth-order valence-corrected chi connectivity index (χ4v) is 4.48. The van der Waals surface area contributed by atoms with Crippen molar-refractivity contribution in [2.24, 2.45) is 17.8 Å². The predicted molar refractivity (Wildman–Crippen MR) is 126 cm³/mol. The molecule has 0 bridgehead atoms. The van der Waals surface area contributed by atoms with E-state index in [1.54, 1.807) is 0 Å². The summed E-state index contributed by atoms with van der Waals surface area (Å²) in [7, 11) is 0. The molecule has 1 atom stereocenters. The second kappa shape index (κ2) is 13.5. The molecule has 0 aliphatic carbocycles. The minimum Gasteiger partial charge on any atom is -0.352 e. The van der Waals surface area contributed by atoms with E-state index in [0.717, 1.165) is 25.6 Å². The number of benzene rings is 1. The third kappa shape index (κ3) is 8.45. The summed E-state index contributed by atoms with van der Waals surface area (Å²) in [5, 5.41) is 6.59. The monoisotopic (exact) mass is 443 g/mol. The Balaban J connectivity index is 0.00000210. The number of hydrogen-bond donors (Lipinski definition) is 2. The zero-order valence-electron chi connectivity index (χ0n) is 18.0. The van der Waals surface area contributed by atoms with Gasteiger partial charge in [0, 0.05) is 19.5 Å². The Hall–Kier alpha value is -0.810. The lowest BCUT2D eigenvalue weighted by molar-refractivity contribution is -0.122. The number of halogens is 2. The van der Waals surface area contributed by atoms with Crippen LogP contribution in [0.1, 0.15) is 57.1 Å². The third-order valence-corrected chi connectivity index (χ3v) is 6.56. The molecule has 0 radical (unpaired) electrons. The van der Waals surface area contributed by atoms with E-state index in [1.165, 1.54) is 49.9 Å². The van der Waals surface area contributed by atoms with Gasteiger partial charge in [0.15, 0.2) is 0 Å². The average Bonchev–Trinajstić information content (AvgIpc) is 2.69. The van der Waals surface area contributed by atoms with E-state index in [9.17, 15) is 4.79 Å². The Morgan fingerprint density at radius 1 is 1.10 bits per heavy atom. The van der Waals surface area contributed by atoms with Gasteiger partial charge in [-0.1, -0.05) is 38.1 Å². The van der Waals surface area contributed by atoms with Crippen molar-refractivity contribution >= 4 is 30.7 Å². The Morgan fingerprint density at radius 3 is 2.38 bits per heavy atom. The van der Waals surface area contributed by atoms with Gasteiger partial charge in [-0.2, -0.15) is 0 Å². The van der Waals surface area contributed by atoms with Crippen LogP contribution in [0.5, 0.6) is 0 Å². The highest BCUT2D eigenvalue weighted by molar-refractivity contribution is 5.85. The van der Waals surface area contributed by atoms with Crippen molar-refractivity contribution in [3.8, 4) is 0 Å². The van der Waals surface area contributed by atoms with Gasteiger partial charge in [-0.25, -0.2) is 0 Å². The van der Waals surface area contributed by atoms with E-state index in [2.05, 4.69) is 53.6 Å². The number of rotatable bonds is 7. The van der Waals surface area contributed by atoms with E-state index in [-0.39, 0.29) is 30.7 Å². The van der Waals surface area contributed by atoms with E-state index < -0.39 is 0 Å². The molecular formula is C23H39Cl2N3O. The molecule has 2 aliphatic heterocycles. The third-order valence-electron chi connectivity index (χ3n) is 6.56. The van der Waals surface area contributed by atoms with Gasteiger partial charge in [0.05, 0.1) is 0 Å². The smallest absolute Gasteiger partial charge is 0.220 e. The molecule has 1 amide bonds. The molecule has 166 valence electrons. The number of carbonyl (C=O) groups is 1. The summed E-state index contributed by atoms with van der Waals surface area (Å²) in [4.78, 5) is 15.0. The maximum atomic E-state index is 12.5. The number of amides is 1. The quantitative estimate of drug-likeness (QED) is 0.655. The summed E-state index contributed by atoms with van der Waals surface area (Å²) in [6.07, 6.45) is 5.65. The van der Waals surface area contributed by atoms with Gasteiger partial charge in [-0.15, -0.1) is 24.8 Å². The number of piperidine rings is 2. The topological polar surface area (TPSA) is 44.4 Å². The van der Waals surface area contributed by atoms with Crippen LogP contribution < -0.4 is 10.6 Å². The molecule has 2 heterocycles. The Morgan fingerprint density at radius 2 is 1.72 bits per heavy atom. The first-order chi connectivity index (χ1) is 13.1. The first kappa shape index (κ1) is 26.2. The lowest BCUT2D eigenvalue weighted by Crippen LogP contribution is -2.34. The van der Waals surface area contributed by atoms with Gasteiger partial charge in [0.25, 0.3) is 0 Å². The Kier molecular flexibility index (Phi) is 12.2. The molecule has 2 aliphatic rings. The van der Waals surface area contributed by atoms with Gasteiger partial charge >= 0.3 is 0 Å². The van der Waals surface area contributed by atoms with Crippen LogP contribution in [-0.4, -0.2) is 37.0 Å². The predicted octanol–water partition coefficient (Wildman–Crippen LogP) is 4.40. The van der Waals surface area contributed by atoms with E-state index in [1.807, 2.05) is 0 Å². The standard InChI is InChI=1S/C23H37N3O.2ClH/c1-18-9-13-26(14-10-18)17-22-6-4-3-5-21(22)16-25-23(27)15-19(2)20-7-11-24-12-8-20;;/h3-6,18-20,24H,7-17H2,1-2H3,(H,25,27);2*1H. The first-order valence-corrected chi connectivity index (χ1v) is 10.9. The van der Waals surface area contributed by atoms with Gasteiger partial charge in [0.1, 0.15) is 0 Å². The summed E-state index contributed by atoms with van der Waals surface area (Å²) >= 11 is 0. The van der Waals surface area contributed by atoms with Crippen LogP contribution in [0.15, 0.2) is 24.3 Å². The summed E-state index contributed by atoms with van der Waals surface area (Å²) in [5.41, 5.74) is 2.62. The number of hydrogen-bond acceptors (Lipinski definition) is 3. The Labute approximate surface area is 189 Å². The molecule has 2 N–H and O–H groups in total. The van der Waals surface area contributed by atoms with Crippen LogP contribution in [0.3, 0.4) is 0 Å². The summed E-state index contributed by atoms with van der Waals surface area (Å²) in [6.45, 7) is 10.8. The molecule has 1 unspecified atom stereocenters. The molecule has 0 spiro atoms. The number of nitrogens with one attached hydrogen (secondary N) is 2. The van der Waals surface area contributed by atoms with E-state index in [4.69, 9.17) is 0 Å². The first-order valence-electron chi connectivity index (χ1n) is 10.9. The molecule has 29 heavy (non-hydrogen) atoms. The van der Waals surface area contributed by atoms with E-state index >= 15 is 0 Å². The van der Waals surface area contributed by atoms with Crippen molar-refractivity contribution in [3.63, 3.8) is 0 Å². The molecule has 3 rings (SSSR count). The summed E-state index contributed by atoms with van der Waals surface area (Å²) in [6, 6.07) is 8.59. The summed E-state index contributed by atoms with van der Waals surface area (Å²) in [5.74, 6) is 2.21. The van der Waals surface area contributed by atoms with Gasteiger partial charge in [-0.3, -0.25) is 9.69 Å².